The molecule has 1 aliphatic heterocycles. The first-order chi connectivity index (χ1) is 9.77. The highest BCUT2D eigenvalue weighted by atomic mass is 19.1. The number of hydrogen-bond acceptors (Lipinski definition) is 2. The molecule has 20 heavy (non-hydrogen) atoms. The molecule has 0 atom stereocenters. The largest absolute Gasteiger partial charge is 0.308 e. The summed E-state index contributed by atoms with van der Waals surface area (Å²) in [4.78, 5) is 17.8. The number of amides is 1. The van der Waals surface area contributed by atoms with Crippen LogP contribution in [-0.2, 0) is 6.42 Å². The zero-order valence-electron chi connectivity index (χ0n) is 11.1. The van der Waals surface area contributed by atoms with Gasteiger partial charge in [-0.15, -0.1) is 0 Å². The smallest absolute Gasteiger partial charge is 0.262 e. The number of nitrogens with zero attached hydrogens (tertiary/aromatic N) is 2. The quantitative estimate of drug-likeness (QED) is 0.745. The summed E-state index contributed by atoms with van der Waals surface area (Å²) in [6.07, 6.45) is 4.26. The standard InChI is InChI=1S/C16H15FN2O/c17-15-13(8-5-10-18-15)16(20)19-11-4-3-7-12-6-1-2-9-14(12)19/h1-2,5-6,8-10H,3-4,7,11H2. The van der Waals surface area contributed by atoms with Crippen LogP contribution < -0.4 is 4.90 Å². The summed E-state index contributed by atoms with van der Waals surface area (Å²) >= 11 is 0. The van der Waals surface area contributed by atoms with Crippen LogP contribution in [0.5, 0.6) is 0 Å². The number of benzene rings is 1. The minimum Gasteiger partial charge on any atom is -0.308 e. The van der Waals surface area contributed by atoms with Crippen LogP contribution >= 0.6 is 0 Å². The molecule has 1 aliphatic rings. The lowest BCUT2D eigenvalue weighted by Gasteiger charge is -2.22. The first kappa shape index (κ1) is 12.8. The summed E-state index contributed by atoms with van der Waals surface area (Å²) < 4.78 is 13.7. The van der Waals surface area contributed by atoms with E-state index in [9.17, 15) is 9.18 Å². The maximum absolute atomic E-state index is 13.7. The highest BCUT2D eigenvalue weighted by Crippen LogP contribution is 2.27. The Bertz CT molecular complexity index is 642. The van der Waals surface area contributed by atoms with Gasteiger partial charge in [0.15, 0.2) is 0 Å². The molecule has 0 N–H and O–H groups in total. The maximum atomic E-state index is 13.7. The molecule has 0 radical (unpaired) electrons. The van der Waals surface area contributed by atoms with Crippen molar-refractivity contribution in [3.63, 3.8) is 0 Å². The van der Waals surface area contributed by atoms with Gasteiger partial charge in [0.2, 0.25) is 5.95 Å². The molecule has 0 fully saturated rings. The van der Waals surface area contributed by atoms with E-state index in [0.717, 1.165) is 30.5 Å². The van der Waals surface area contributed by atoms with Crippen molar-refractivity contribution in [3.8, 4) is 0 Å². The molecule has 2 aromatic rings. The van der Waals surface area contributed by atoms with E-state index in [2.05, 4.69) is 4.98 Å². The fraction of sp³-hybridized carbons (Fsp3) is 0.250. The Labute approximate surface area is 117 Å². The number of pyridine rings is 1. The van der Waals surface area contributed by atoms with Gasteiger partial charge in [-0.3, -0.25) is 4.79 Å². The average Bonchev–Trinajstić information content (AvgIpc) is 2.69. The Hall–Kier alpha value is -2.23. The van der Waals surface area contributed by atoms with E-state index in [1.165, 1.54) is 12.3 Å². The fourth-order valence-electron chi connectivity index (χ4n) is 2.59. The van der Waals surface area contributed by atoms with Crippen molar-refractivity contribution in [2.45, 2.75) is 19.3 Å². The van der Waals surface area contributed by atoms with Gasteiger partial charge in [0.25, 0.3) is 5.91 Å². The number of fused-ring (bicyclic) bond motifs is 1. The SMILES string of the molecule is O=C(c1cccnc1F)N1CCCCc2ccccc21. The highest BCUT2D eigenvalue weighted by molar-refractivity contribution is 6.06. The van der Waals surface area contributed by atoms with Gasteiger partial charge >= 0.3 is 0 Å². The van der Waals surface area contributed by atoms with Gasteiger partial charge < -0.3 is 4.90 Å². The normalized spacial score (nSPS) is 14.6. The third-order valence-electron chi connectivity index (χ3n) is 3.59. The summed E-state index contributed by atoms with van der Waals surface area (Å²) in [6, 6.07) is 10.9. The second-order valence-electron chi connectivity index (χ2n) is 4.88. The van der Waals surface area contributed by atoms with Gasteiger partial charge in [-0.05, 0) is 43.0 Å². The zero-order valence-corrected chi connectivity index (χ0v) is 11.1. The van der Waals surface area contributed by atoms with E-state index >= 15 is 0 Å². The Morgan fingerprint density at radius 1 is 1.15 bits per heavy atom. The number of aryl methyl sites for hydroxylation is 1. The second kappa shape index (κ2) is 5.41. The predicted octanol–water partition coefficient (Wildman–Crippen LogP) is 3.20. The summed E-state index contributed by atoms with van der Waals surface area (Å²) in [6.45, 7) is 0.615. The van der Waals surface area contributed by atoms with Crippen LogP contribution in [0.1, 0.15) is 28.8 Å². The second-order valence-corrected chi connectivity index (χ2v) is 4.88. The number of anilines is 1. The number of carbonyl (C=O) groups is 1. The van der Waals surface area contributed by atoms with E-state index < -0.39 is 5.95 Å². The van der Waals surface area contributed by atoms with E-state index in [1.807, 2.05) is 24.3 Å². The average molecular weight is 270 g/mol. The number of aromatic nitrogens is 1. The zero-order chi connectivity index (χ0) is 13.9. The maximum Gasteiger partial charge on any atom is 0.262 e. The van der Waals surface area contributed by atoms with Gasteiger partial charge in [0, 0.05) is 18.4 Å². The van der Waals surface area contributed by atoms with E-state index in [-0.39, 0.29) is 11.5 Å². The van der Waals surface area contributed by atoms with Crippen molar-refractivity contribution in [2.24, 2.45) is 0 Å². The van der Waals surface area contributed by atoms with Crippen LogP contribution in [0, 0.1) is 5.95 Å². The molecule has 102 valence electrons. The van der Waals surface area contributed by atoms with Crippen molar-refractivity contribution in [1.82, 2.24) is 4.98 Å². The molecule has 3 rings (SSSR count). The summed E-state index contributed by atoms with van der Waals surface area (Å²) in [7, 11) is 0. The Balaban J connectivity index is 2.02. The topological polar surface area (TPSA) is 33.2 Å². The van der Waals surface area contributed by atoms with E-state index in [0.29, 0.717) is 6.54 Å². The third-order valence-corrected chi connectivity index (χ3v) is 3.59. The van der Waals surface area contributed by atoms with Gasteiger partial charge in [-0.2, -0.15) is 4.39 Å². The van der Waals surface area contributed by atoms with Crippen LogP contribution in [0.25, 0.3) is 0 Å². The molecule has 0 bridgehead atoms. The predicted molar refractivity (Wildman–Crippen MR) is 75.3 cm³/mol. The van der Waals surface area contributed by atoms with Gasteiger partial charge in [0.1, 0.15) is 0 Å². The van der Waals surface area contributed by atoms with Gasteiger partial charge in [-0.25, -0.2) is 4.98 Å². The fourth-order valence-corrected chi connectivity index (χ4v) is 2.59. The number of rotatable bonds is 1. The molecule has 0 saturated carbocycles. The molecule has 3 nitrogen and oxygen atoms in total. The van der Waals surface area contributed by atoms with Crippen molar-refractivity contribution < 1.29 is 9.18 Å². The number of halogens is 1. The molecular formula is C16H15FN2O. The van der Waals surface area contributed by atoms with Crippen LogP contribution in [0.4, 0.5) is 10.1 Å². The summed E-state index contributed by atoms with van der Waals surface area (Å²) in [5.41, 5.74) is 2.06. The van der Waals surface area contributed by atoms with Gasteiger partial charge in [-0.1, -0.05) is 18.2 Å². The minimum absolute atomic E-state index is 0.0317. The third kappa shape index (κ3) is 2.29. The lowest BCUT2D eigenvalue weighted by atomic mass is 10.1. The summed E-state index contributed by atoms with van der Waals surface area (Å²) in [5.74, 6) is -1.02. The molecule has 0 unspecified atom stereocenters. The molecular weight excluding hydrogens is 255 g/mol. The lowest BCUT2D eigenvalue weighted by Crippen LogP contribution is -2.32. The first-order valence-corrected chi connectivity index (χ1v) is 6.77. The minimum atomic E-state index is -0.709. The Morgan fingerprint density at radius 3 is 2.85 bits per heavy atom. The van der Waals surface area contributed by atoms with Crippen molar-refractivity contribution in [3.05, 3.63) is 59.7 Å². The molecule has 2 heterocycles. The molecule has 0 saturated heterocycles. The van der Waals surface area contributed by atoms with Gasteiger partial charge in [0.05, 0.1) is 5.56 Å². The first-order valence-electron chi connectivity index (χ1n) is 6.77. The Kier molecular flexibility index (Phi) is 3.46. The molecule has 0 aliphatic carbocycles. The molecule has 1 aromatic heterocycles. The van der Waals surface area contributed by atoms with Crippen molar-refractivity contribution >= 4 is 11.6 Å². The van der Waals surface area contributed by atoms with E-state index in [4.69, 9.17) is 0 Å². The molecule has 0 spiro atoms. The summed E-state index contributed by atoms with van der Waals surface area (Å²) in [5, 5.41) is 0. The number of carbonyl (C=O) groups excluding carboxylic acids is 1. The van der Waals surface area contributed by atoms with Crippen LogP contribution in [-0.4, -0.2) is 17.4 Å². The molecule has 1 amide bonds. The van der Waals surface area contributed by atoms with Crippen LogP contribution in [0.3, 0.4) is 0 Å². The molecule has 1 aromatic carbocycles. The number of para-hydroxylation sites is 1. The van der Waals surface area contributed by atoms with Crippen molar-refractivity contribution in [1.29, 1.82) is 0 Å². The monoisotopic (exact) mass is 270 g/mol. The van der Waals surface area contributed by atoms with E-state index in [1.54, 1.807) is 11.0 Å². The number of hydrogen-bond donors (Lipinski definition) is 0. The highest BCUT2D eigenvalue weighted by Gasteiger charge is 2.24. The van der Waals surface area contributed by atoms with Crippen LogP contribution in [0.15, 0.2) is 42.6 Å². The Morgan fingerprint density at radius 2 is 2.00 bits per heavy atom. The molecule has 4 heteroatoms. The van der Waals surface area contributed by atoms with Crippen molar-refractivity contribution in [2.75, 3.05) is 11.4 Å². The van der Waals surface area contributed by atoms with Crippen LogP contribution in [0.2, 0.25) is 0 Å². The lowest BCUT2D eigenvalue weighted by molar-refractivity contribution is 0.0982.